The van der Waals surface area contributed by atoms with Crippen LogP contribution in [0.2, 0.25) is 0 Å². The highest BCUT2D eigenvalue weighted by molar-refractivity contribution is 5.67. The average molecular weight is 185 g/mol. The smallest absolute Gasteiger partial charge is 0.305 e. The maximum Gasteiger partial charge on any atom is 0.305 e. The predicted octanol–water partition coefficient (Wildman–Crippen LogP) is 0.506. The molecule has 1 saturated heterocycles. The number of nitrogens with zero attached hydrogens (tertiary/aromatic N) is 1. The van der Waals surface area contributed by atoms with E-state index in [4.69, 9.17) is 19.8 Å². The Bertz CT molecular complexity index is 223. The molecule has 0 aromatic rings. The first kappa shape index (κ1) is 9.96. The summed E-state index contributed by atoms with van der Waals surface area (Å²) in [7, 11) is 0. The summed E-state index contributed by atoms with van der Waals surface area (Å²) in [6, 6.07) is 1.98. The third kappa shape index (κ3) is 3.40. The zero-order valence-electron chi connectivity index (χ0n) is 7.10. The summed E-state index contributed by atoms with van der Waals surface area (Å²) in [5, 5.41) is 16.9. The first-order valence-corrected chi connectivity index (χ1v) is 4.04. The van der Waals surface area contributed by atoms with Crippen LogP contribution in [-0.2, 0) is 14.3 Å². The van der Waals surface area contributed by atoms with Gasteiger partial charge < -0.3 is 14.6 Å². The fourth-order valence-corrected chi connectivity index (χ4v) is 1.24. The maximum atomic E-state index is 10.3. The van der Waals surface area contributed by atoms with Crippen molar-refractivity contribution in [3.63, 3.8) is 0 Å². The van der Waals surface area contributed by atoms with Crippen LogP contribution in [0.5, 0.6) is 0 Å². The fraction of sp³-hybridized carbons (Fsp3) is 0.750. The molecule has 1 rings (SSSR count). The second-order valence-corrected chi connectivity index (χ2v) is 2.89. The lowest BCUT2D eigenvalue weighted by atomic mass is 10.1. The number of hydrogen-bond donors (Lipinski definition) is 1. The minimum absolute atomic E-state index is 0.0225. The lowest BCUT2D eigenvalue weighted by Gasteiger charge is -2.27. The van der Waals surface area contributed by atoms with Gasteiger partial charge in [0, 0.05) is 6.42 Å². The monoisotopic (exact) mass is 185 g/mol. The highest BCUT2D eigenvalue weighted by Gasteiger charge is 2.24. The third-order valence-electron chi connectivity index (χ3n) is 1.85. The Morgan fingerprint density at radius 2 is 2.23 bits per heavy atom. The third-order valence-corrected chi connectivity index (χ3v) is 1.85. The number of aliphatic carboxylic acids is 1. The SMILES string of the molecule is N#CC[C@H]1C[C@@H](CC(=O)O)OCO1. The first-order chi connectivity index (χ1) is 6.22. The van der Waals surface area contributed by atoms with Gasteiger partial charge in [-0.3, -0.25) is 4.79 Å². The van der Waals surface area contributed by atoms with Gasteiger partial charge in [-0.25, -0.2) is 0 Å². The molecule has 0 saturated carbocycles. The summed E-state index contributed by atoms with van der Waals surface area (Å²) in [4.78, 5) is 10.3. The van der Waals surface area contributed by atoms with Crippen LogP contribution in [0, 0.1) is 11.3 Å². The molecule has 5 heteroatoms. The van der Waals surface area contributed by atoms with Crippen molar-refractivity contribution in [1.29, 1.82) is 5.26 Å². The summed E-state index contributed by atoms with van der Waals surface area (Å²) < 4.78 is 10.1. The summed E-state index contributed by atoms with van der Waals surface area (Å²) in [5.41, 5.74) is 0. The van der Waals surface area contributed by atoms with Crippen molar-refractivity contribution in [2.45, 2.75) is 31.5 Å². The van der Waals surface area contributed by atoms with E-state index in [2.05, 4.69) is 0 Å². The van der Waals surface area contributed by atoms with E-state index in [1.54, 1.807) is 0 Å². The Hall–Kier alpha value is -1.12. The minimum Gasteiger partial charge on any atom is -0.481 e. The van der Waals surface area contributed by atoms with Crippen molar-refractivity contribution in [3.05, 3.63) is 0 Å². The Balaban J connectivity index is 2.33. The van der Waals surface area contributed by atoms with Crippen molar-refractivity contribution in [2.75, 3.05) is 6.79 Å². The molecule has 1 aliphatic heterocycles. The number of hydrogen-bond acceptors (Lipinski definition) is 4. The van der Waals surface area contributed by atoms with E-state index in [9.17, 15) is 4.79 Å². The van der Waals surface area contributed by atoms with E-state index < -0.39 is 5.97 Å². The molecule has 1 aliphatic rings. The first-order valence-electron chi connectivity index (χ1n) is 4.04. The summed E-state index contributed by atoms with van der Waals surface area (Å²) in [5.74, 6) is -0.886. The Kier molecular flexibility index (Phi) is 3.68. The molecule has 0 spiro atoms. The molecule has 0 aromatic carbocycles. The molecule has 72 valence electrons. The van der Waals surface area contributed by atoms with E-state index in [0.717, 1.165) is 0 Å². The predicted molar refractivity (Wildman–Crippen MR) is 41.7 cm³/mol. The largest absolute Gasteiger partial charge is 0.481 e. The molecular formula is C8H11NO4. The van der Waals surface area contributed by atoms with Crippen LogP contribution in [0.1, 0.15) is 19.3 Å². The van der Waals surface area contributed by atoms with Crippen molar-refractivity contribution in [3.8, 4) is 6.07 Å². The molecule has 0 unspecified atom stereocenters. The second kappa shape index (κ2) is 4.80. The van der Waals surface area contributed by atoms with Gasteiger partial charge in [0.05, 0.1) is 31.1 Å². The molecule has 0 aromatic heterocycles. The van der Waals surface area contributed by atoms with E-state index in [1.807, 2.05) is 6.07 Å². The number of carbonyl (C=O) groups is 1. The second-order valence-electron chi connectivity index (χ2n) is 2.89. The van der Waals surface area contributed by atoms with Crippen LogP contribution in [0.3, 0.4) is 0 Å². The lowest BCUT2D eigenvalue weighted by molar-refractivity contribution is -0.180. The zero-order chi connectivity index (χ0) is 9.68. The molecule has 13 heavy (non-hydrogen) atoms. The normalized spacial score (nSPS) is 27.9. The summed E-state index contributed by atoms with van der Waals surface area (Å²) in [6.07, 6.45) is 0.262. The molecule has 1 fully saturated rings. The molecule has 5 nitrogen and oxygen atoms in total. The quantitative estimate of drug-likeness (QED) is 0.692. The molecule has 0 bridgehead atoms. The van der Waals surface area contributed by atoms with Crippen molar-refractivity contribution in [1.82, 2.24) is 0 Å². The van der Waals surface area contributed by atoms with Gasteiger partial charge in [-0.2, -0.15) is 5.26 Å². The van der Waals surface area contributed by atoms with Crippen LogP contribution < -0.4 is 0 Å². The molecular weight excluding hydrogens is 174 g/mol. The van der Waals surface area contributed by atoms with E-state index in [0.29, 0.717) is 12.8 Å². The van der Waals surface area contributed by atoms with Gasteiger partial charge in [0.2, 0.25) is 0 Å². The van der Waals surface area contributed by atoms with Crippen molar-refractivity contribution < 1.29 is 19.4 Å². The van der Waals surface area contributed by atoms with Crippen LogP contribution in [0.4, 0.5) is 0 Å². The molecule has 0 radical (unpaired) electrons. The topological polar surface area (TPSA) is 79.6 Å². The number of ether oxygens (including phenoxy) is 2. The zero-order valence-corrected chi connectivity index (χ0v) is 7.10. The van der Waals surface area contributed by atoms with Crippen molar-refractivity contribution >= 4 is 5.97 Å². The van der Waals surface area contributed by atoms with Gasteiger partial charge in [0.1, 0.15) is 6.79 Å². The van der Waals surface area contributed by atoms with Gasteiger partial charge in [-0.1, -0.05) is 0 Å². The van der Waals surface area contributed by atoms with Gasteiger partial charge >= 0.3 is 5.97 Å². The standard InChI is InChI=1S/C8H11NO4/c9-2-1-6-3-7(4-8(10)11)13-5-12-6/h6-7H,1,3-5H2,(H,10,11)/t6-,7-/m0/s1. The number of carboxylic acids is 1. The Morgan fingerprint density at radius 1 is 1.54 bits per heavy atom. The number of carboxylic acid groups (broad SMARTS) is 1. The average Bonchev–Trinajstić information content (AvgIpc) is 2.04. The maximum absolute atomic E-state index is 10.3. The molecule has 0 aliphatic carbocycles. The van der Waals surface area contributed by atoms with Gasteiger partial charge in [0.25, 0.3) is 0 Å². The Morgan fingerprint density at radius 3 is 2.85 bits per heavy atom. The van der Waals surface area contributed by atoms with E-state index in [-0.39, 0.29) is 25.4 Å². The molecule has 1 N–H and O–H groups in total. The van der Waals surface area contributed by atoms with Crippen LogP contribution in [0.25, 0.3) is 0 Å². The van der Waals surface area contributed by atoms with Gasteiger partial charge in [-0.05, 0) is 0 Å². The number of nitriles is 1. The highest BCUT2D eigenvalue weighted by Crippen LogP contribution is 2.17. The van der Waals surface area contributed by atoms with E-state index in [1.165, 1.54) is 0 Å². The van der Waals surface area contributed by atoms with Gasteiger partial charge in [-0.15, -0.1) is 0 Å². The van der Waals surface area contributed by atoms with Crippen LogP contribution >= 0.6 is 0 Å². The summed E-state index contributed by atoms with van der Waals surface area (Å²) in [6.45, 7) is 0.0876. The fourth-order valence-electron chi connectivity index (χ4n) is 1.24. The van der Waals surface area contributed by atoms with E-state index >= 15 is 0 Å². The summed E-state index contributed by atoms with van der Waals surface area (Å²) >= 11 is 0. The highest BCUT2D eigenvalue weighted by atomic mass is 16.7. The Labute approximate surface area is 75.9 Å². The molecule has 2 atom stereocenters. The molecule has 0 amide bonds. The van der Waals surface area contributed by atoms with Crippen molar-refractivity contribution in [2.24, 2.45) is 0 Å². The number of rotatable bonds is 3. The minimum atomic E-state index is -0.886. The van der Waals surface area contributed by atoms with Crippen LogP contribution in [-0.4, -0.2) is 30.1 Å². The van der Waals surface area contributed by atoms with Crippen LogP contribution in [0.15, 0.2) is 0 Å². The van der Waals surface area contributed by atoms with Gasteiger partial charge in [0.15, 0.2) is 0 Å². The molecule has 1 heterocycles. The lowest BCUT2D eigenvalue weighted by Crippen LogP contribution is -2.32.